The topological polar surface area (TPSA) is 105 Å². The van der Waals surface area contributed by atoms with Crippen molar-refractivity contribution < 1.29 is 24.2 Å². The number of rotatable bonds is 13. The lowest BCUT2D eigenvalue weighted by Gasteiger charge is -2.14. The van der Waals surface area contributed by atoms with Crippen LogP contribution in [0, 0.1) is 0 Å². The van der Waals surface area contributed by atoms with E-state index >= 15 is 0 Å². The summed E-state index contributed by atoms with van der Waals surface area (Å²) in [7, 11) is 0. The molecule has 0 radical (unpaired) electrons. The number of carboxylic acid groups (broad SMARTS) is 1. The Morgan fingerprint density at radius 3 is 2.16 bits per heavy atom. The Kier molecular flexibility index (Phi) is 10.6. The zero-order valence-corrected chi connectivity index (χ0v) is 17.6. The van der Waals surface area contributed by atoms with Crippen molar-refractivity contribution in [1.29, 1.82) is 0 Å². The molecule has 2 aromatic carbocycles. The summed E-state index contributed by atoms with van der Waals surface area (Å²) in [5.41, 5.74) is 1.96. The van der Waals surface area contributed by atoms with Gasteiger partial charge in [-0.1, -0.05) is 67.1 Å². The van der Waals surface area contributed by atoms with Crippen LogP contribution in [0.15, 0.2) is 60.7 Å². The number of nitrogens with one attached hydrogen (secondary N) is 2. The van der Waals surface area contributed by atoms with Gasteiger partial charge in [-0.15, -0.1) is 0 Å². The second-order valence-electron chi connectivity index (χ2n) is 7.28. The zero-order valence-electron chi connectivity index (χ0n) is 17.6. The monoisotopic (exact) mass is 426 g/mol. The first-order chi connectivity index (χ1) is 15.0. The number of aryl methyl sites for hydroxylation is 1. The summed E-state index contributed by atoms with van der Waals surface area (Å²) >= 11 is 0. The minimum absolute atomic E-state index is 0.224. The van der Waals surface area contributed by atoms with Crippen molar-refractivity contribution in [3.05, 3.63) is 71.8 Å². The Labute approximate surface area is 182 Å². The molecule has 0 fully saturated rings. The molecule has 0 aliphatic heterocycles. The van der Waals surface area contributed by atoms with E-state index < -0.39 is 18.1 Å². The van der Waals surface area contributed by atoms with Crippen LogP contribution in [0.25, 0.3) is 0 Å². The lowest BCUT2D eigenvalue weighted by atomic mass is 10.0. The first-order valence-electron chi connectivity index (χ1n) is 10.5. The van der Waals surface area contributed by atoms with Crippen molar-refractivity contribution in [2.24, 2.45) is 0 Å². The molecule has 0 spiro atoms. The Hall–Kier alpha value is -3.35. The third-order valence-corrected chi connectivity index (χ3v) is 4.76. The number of ether oxygens (including phenoxy) is 1. The van der Waals surface area contributed by atoms with E-state index in [1.54, 1.807) is 0 Å². The van der Waals surface area contributed by atoms with Crippen LogP contribution in [0.3, 0.4) is 0 Å². The molecule has 0 unspecified atom stereocenters. The van der Waals surface area contributed by atoms with Gasteiger partial charge < -0.3 is 20.5 Å². The SMILES string of the molecule is O=C(CCCCCNC(=O)OCc1ccccc1)N[C@@H](CCc1ccccc1)C(=O)O. The number of hydrogen-bond donors (Lipinski definition) is 3. The molecule has 0 saturated heterocycles. The van der Waals surface area contributed by atoms with Crippen molar-refractivity contribution in [2.75, 3.05) is 6.54 Å². The standard InChI is InChI=1S/C24H30N2O5/c27-22(26-21(23(28)29)16-15-19-10-4-1-5-11-19)14-8-3-9-17-25-24(30)31-18-20-12-6-2-7-13-20/h1-2,4-7,10-13,21H,3,8-9,14-18H2,(H,25,30)(H,26,27)(H,28,29)/t21-/m0/s1. The number of aliphatic carboxylic acids is 1. The maximum atomic E-state index is 12.1. The van der Waals surface area contributed by atoms with Gasteiger partial charge in [0.1, 0.15) is 12.6 Å². The normalized spacial score (nSPS) is 11.4. The highest BCUT2D eigenvalue weighted by atomic mass is 16.5. The molecule has 0 aliphatic carbocycles. The Balaban J connectivity index is 1.54. The van der Waals surface area contributed by atoms with E-state index in [1.807, 2.05) is 60.7 Å². The van der Waals surface area contributed by atoms with Gasteiger partial charge in [0, 0.05) is 13.0 Å². The average molecular weight is 427 g/mol. The van der Waals surface area contributed by atoms with Crippen LogP contribution in [0.4, 0.5) is 4.79 Å². The van der Waals surface area contributed by atoms with E-state index in [4.69, 9.17) is 4.74 Å². The molecule has 31 heavy (non-hydrogen) atoms. The molecule has 3 N–H and O–H groups in total. The van der Waals surface area contributed by atoms with Gasteiger partial charge in [-0.2, -0.15) is 0 Å². The first-order valence-corrected chi connectivity index (χ1v) is 10.5. The number of benzene rings is 2. The predicted octanol–water partition coefficient (Wildman–Crippen LogP) is 3.68. The number of unbranched alkanes of at least 4 members (excludes halogenated alkanes) is 2. The Morgan fingerprint density at radius 2 is 1.52 bits per heavy atom. The molecule has 1 atom stereocenters. The number of carbonyl (C=O) groups is 3. The molecule has 2 rings (SSSR count). The zero-order chi connectivity index (χ0) is 22.3. The highest BCUT2D eigenvalue weighted by molar-refractivity contribution is 5.83. The van der Waals surface area contributed by atoms with Crippen LogP contribution < -0.4 is 10.6 Å². The van der Waals surface area contributed by atoms with Gasteiger partial charge in [-0.05, 0) is 36.8 Å². The largest absolute Gasteiger partial charge is 0.480 e. The lowest BCUT2D eigenvalue weighted by molar-refractivity contribution is -0.142. The van der Waals surface area contributed by atoms with Crippen LogP contribution in [-0.4, -0.2) is 35.7 Å². The fourth-order valence-corrected chi connectivity index (χ4v) is 3.03. The first kappa shape index (κ1) is 23.9. The van der Waals surface area contributed by atoms with Crippen LogP contribution >= 0.6 is 0 Å². The van der Waals surface area contributed by atoms with Crippen molar-refractivity contribution in [3.63, 3.8) is 0 Å². The molecule has 0 aromatic heterocycles. The summed E-state index contributed by atoms with van der Waals surface area (Å²) in [4.78, 5) is 35.1. The molecule has 0 bridgehead atoms. The highest BCUT2D eigenvalue weighted by Gasteiger charge is 2.19. The van der Waals surface area contributed by atoms with Gasteiger partial charge in [-0.25, -0.2) is 9.59 Å². The highest BCUT2D eigenvalue weighted by Crippen LogP contribution is 2.07. The molecule has 0 aliphatic rings. The van der Waals surface area contributed by atoms with Crippen LogP contribution in [-0.2, 0) is 27.4 Å². The third kappa shape index (κ3) is 10.3. The van der Waals surface area contributed by atoms with Crippen LogP contribution in [0.5, 0.6) is 0 Å². The van der Waals surface area contributed by atoms with E-state index in [0.717, 1.165) is 17.5 Å². The number of amides is 2. The smallest absolute Gasteiger partial charge is 0.407 e. The number of hydrogen-bond acceptors (Lipinski definition) is 4. The third-order valence-electron chi connectivity index (χ3n) is 4.76. The second-order valence-corrected chi connectivity index (χ2v) is 7.28. The van der Waals surface area contributed by atoms with Gasteiger partial charge in [0.05, 0.1) is 0 Å². The number of alkyl carbamates (subject to hydrolysis) is 1. The van der Waals surface area contributed by atoms with Crippen LogP contribution in [0.1, 0.15) is 43.2 Å². The lowest BCUT2D eigenvalue weighted by Crippen LogP contribution is -2.41. The van der Waals surface area contributed by atoms with Crippen molar-refractivity contribution in [1.82, 2.24) is 10.6 Å². The molecule has 2 aromatic rings. The molecular weight excluding hydrogens is 396 g/mol. The van der Waals surface area contributed by atoms with Gasteiger partial charge in [0.2, 0.25) is 5.91 Å². The average Bonchev–Trinajstić information content (AvgIpc) is 2.78. The summed E-state index contributed by atoms with van der Waals surface area (Å²) in [5.74, 6) is -1.29. The summed E-state index contributed by atoms with van der Waals surface area (Å²) in [6.45, 7) is 0.686. The second kappa shape index (κ2) is 13.8. The molecule has 166 valence electrons. The molecule has 0 heterocycles. The molecule has 7 nitrogen and oxygen atoms in total. The van der Waals surface area contributed by atoms with E-state index in [1.165, 1.54) is 0 Å². The number of carboxylic acids is 1. The van der Waals surface area contributed by atoms with E-state index in [-0.39, 0.29) is 18.9 Å². The minimum Gasteiger partial charge on any atom is -0.480 e. The quantitative estimate of drug-likeness (QED) is 0.424. The molecular formula is C24H30N2O5. The van der Waals surface area contributed by atoms with E-state index in [2.05, 4.69) is 10.6 Å². The van der Waals surface area contributed by atoms with E-state index in [0.29, 0.717) is 32.2 Å². The summed E-state index contributed by atoms with van der Waals surface area (Å²) < 4.78 is 5.12. The summed E-state index contributed by atoms with van der Waals surface area (Å²) in [6, 6.07) is 18.1. The minimum atomic E-state index is -1.03. The summed E-state index contributed by atoms with van der Waals surface area (Å²) in [5, 5.41) is 14.6. The van der Waals surface area contributed by atoms with Crippen LogP contribution in [0.2, 0.25) is 0 Å². The Bertz CT molecular complexity index is 811. The van der Waals surface area contributed by atoms with Crippen molar-refractivity contribution in [3.8, 4) is 0 Å². The number of carbonyl (C=O) groups excluding carboxylic acids is 2. The molecule has 2 amide bonds. The van der Waals surface area contributed by atoms with E-state index in [9.17, 15) is 19.5 Å². The maximum absolute atomic E-state index is 12.1. The van der Waals surface area contributed by atoms with Gasteiger partial charge in [0.15, 0.2) is 0 Å². The maximum Gasteiger partial charge on any atom is 0.407 e. The van der Waals surface area contributed by atoms with Gasteiger partial charge >= 0.3 is 12.1 Å². The molecule has 7 heteroatoms. The fourth-order valence-electron chi connectivity index (χ4n) is 3.03. The fraction of sp³-hybridized carbons (Fsp3) is 0.375. The van der Waals surface area contributed by atoms with Crippen molar-refractivity contribution >= 4 is 18.0 Å². The summed E-state index contributed by atoms with van der Waals surface area (Å²) in [6.07, 6.45) is 2.80. The van der Waals surface area contributed by atoms with Gasteiger partial charge in [-0.3, -0.25) is 4.79 Å². The molecule has 0 saturated carbocycles. The van der Waals surface area contributed by atoms with Crippen molar-refractivity contribution in [2.45, 2.75) is 51.2 Å². The Morgan fingerprint density at radius 1 is 0.871 bits per heavy atom. The predicted molar refractivity (Wildman–Crippen MR) is 117 cm³/mol. The van der Waals surface area contributed by atoms with Gasteiger partial charge in [0.25, 0.3) is 0 Å².